The third-order valence-corrected chi connectivity index (χ3v) is 7.62. The van der Waals surface area contributed by atoms with Gasteiger partial charge in [-0.05, 0) is 67.3 Å². The van der Waals surface area contributed by atoms with Crippen LogP contribution in [0.15, 0.2) is 55.0 Å². The number of ether oxygens (including phenoxy) is 1. The number of halogens is 1. The van der Waals surface area contributed by atoms with Gasteiger partial charge in [-0.15, -0.1) is 11.3 Å². The van der Waals surface area contributed by atoms with Gasteiger partial charge in [0.15, 0.2) is 0 Å². The number of nitrogens with zero attached hydrogens (tertiary/aromatic N) is 4. The molecule has 0 saturated carbocycles. The number of pyridine rings is 1. The summed E-state index contributed by atoms with van der Waals surface area (Å²) in [5.41, 5.74) is 4.19. The summed E-state index contributed by atoms with van der Waals surface area (Å²) in [5, 5.41) is 5.19. The third-order valence-electron chi connectivity index (χ3n) is 6.12. The zero-order valence-corrected chi connectivity index (χ0v) is 22.5. The molecule has 0 spiro atoms. The second-order valence-corrected chi connectivity index (χ2v) is 10.2. The minimum Gasteiger partial charge on any atom is -0.455 e. The summed E-state index contributed by atoms with van der Waals surface area (Å²) >= 11 is 4.96. The van der Waals surface area contributed by atoms with Crippen molar-refractivity contribution in [3.63, 3.8) is 0 Å². The molecule has 0 bridgehead atoms. The molecule has 0 fully saturated rings. The van der Waals surface area contributed by atoms with Gasteiger partial charge in [0.2, 0.25) is 5.91 Å². The lowest BCUT2D eigenvalue weighted by molar-refractivity contribution is -0.126. The molecule has 0 unspecified atom stereocenters. The van der Waals surface area contributed by atoms with E-state index in [1.54, 1.807) is 29.9 Å². The Bertz CT molecular complexity index is 1430. The number of benzene rings is 1. The van der Waals surface area contributed by atoms with Crippen molar-refractivity contribution in [3.05, 3.63) is 76.7 Å². The van der Waals surface area contributed by atoms with Gasteiger partial charge in [0.1, 0.15) is 28.5 Å². The molecule has 1 aromatic carbocycles. The van der Waals surface area contributed by atoms with Crippen LogP contribution in [0.2, 0.25) is 0 Å². The molecule has 1 aliphatic rings. The molecular formula is C27H26BrN5O2S. The van der Waals surface area contributed by atoms with E-state index >= 15 is 0 Å². The minimum atomic E-state index is 0.0388. The van der Waals surface area contributed by atoms with Crippen molar-refractivity contribution in [2.24, 2.45) is 0 Å². The first kappa shape index (κ1) is 24.4. The van der Waals surface area contributed by atoms with E-state index in [1.807, 2.05) is 48.2 Å². The van der Waals surface area contributed by atoms with Crippen LogP contribution in [-0.2, 0) is 24.2 Å². The quantitative estimate of drug-likeness (QED) is 0.209. The number of allylic oxidation sites excluding steroid dienone is 1. The van der Waals surface area contributed by atoms with Gasteiger partial charge >= 0.3 is 0 Å². The maximum absolute atomic E-state index is 12.5. The second-order valence-electron chi connectivity index (χ2n) is 8.52. The number of carbonyl (C=O) groups excluding carboxylic acids is 1. The van der Waals surface area contributed by atoms with Crippen molar-refractivity contribution in [2.75, 3.05) is 17.2 Å². The first-order valence-corrected chi connectivity index (χ1v) is 13.8. The number of hydrogen-bond acceptors (Lipinski definition) is 7. The Hall–Kier alpha value is -3.30. The summed E-state index contributed by atoms with van der Waals surface area (Å²) in [4.78, 5) is 29.9. The summed E-state index contributed by atoms with van der Waals surface area (Å²) in [5.74, 6) is 2.32. The number of thiophene rings is 1. The first-order chi connectivity index (χ1) is 17.6. The van der Waals surface area contributed by atoms with E-state index in [0.29, 0.717) is 24.2 Å². The largest absolute Gasteiger partial charge is 0.455 e. The predicted octanol–water partition coefficient (Wildman–Crippen LogP) is 6.33. The zero-order valence-electron chi connectivity index (χ0n) is 20.1. The standard InChI is InChI=1S/C27H26BrN5O2S/c1-3-18-6-8-20(14-29-18)35-22-9-7-19(13-17(22)2)32-26-25-21-10-12-33(24(34)5-4-11-28)15-23(21)36-27(25)31-16-30-26/h4-9,13-14,16H,3,10-12,15H2,1-2H3,(H,30,31,32)/b5-4+. The van der Waals surface area contributed by atoms with E-state index in [1.165, 1.54) is 10.4 Å². The van der Waals surface area contributed by atoms with Crippen LogP contribution in [-0.4, -0.2) is 37.6 Å². The molecule has 9 heteroatoms. The summed E-state index contributed by atoms with van der Waals surface area (Å²) < 4.78 is 6.05. The molecule has 1 amide bonds. The molecule has 36 heavy (non-hydrogen) atoms. The van der Waals surface area contributed by atoms with Crippen molar-refractivity contribution >= 4 is 54.9 Å². The molecule has 1 aliphatic heterocycles. The lowest BCUT2D eigenvalue weighted by Crippen LogP contribution is -2.34. The van der Waals surface area contributed by atoms with Gasteiger partial charge < -0.3 is 15.0 Å². The Labute approximate surface area is 222 Å². The molecule has 0 atom stereocenters. The fourth-order valence-corrected chi connectivity index (χ4v) is 5.64. The minimum absolute atomic E-state index is 0.0388. The SMILES string of the molecule is CCc1ccc(Oc2ccc(Nc3ncnc4sc5c(c34)CCN(C(=O)/C=C/CBr)C5)cc2C)cn1. The van der Waals surface area contributed by atoms with Crippen LogP contribution in [0.5, 0.6) is 11.5 Å². The highest BCUT2D eigenvalue weighted by Gasteiger charge is 2.25. The van der Waals surface area contributed by atoms with Crippen molar-refractivity contribution < 1.29 is 9.53 Å². The number of rotatable bonds is 7. The topological polar surface area (TPSA) is 80.2 Å². The monoisotopic (exact) mass is 563 g/mol. The van der Waals surface area contributed by atoms with Gasteiger partial charge in [0, 0.05) is 28.1 Å². The smallest absolute Gasteiger partial charge is 0.246 e. The average molecular weight is 565 g/mol. The van der Waals surface area contributed by atoms with Crippen LogP contribution in [0.25, 0.3) is 10.2 Å². The molecule has 4 aromatic rings. The molecule has 0 radical (unpaired) electrons. The molecule has 184 valence electrons. The summed E-state index contributed by atoms with van der Waals surface area (Å²) in [6.45, 7) is 5.38. The number of alkyl halides is 1. The maximum Gasteiger partial charge on any atom is 0.246 e. The molecular weight excluding hydrogens is 538 g/mol. The number of carbonyl (C=O) groups is 1. The normalized spacial score (nSPS) is 13.2. The van der Waals surface area contributed by atoms with Crippen molar-refractivity contribution in [2.45, 2.75) is 33.2 Å². The number of fused-ring (bicyclic) bond motifs is 3. The molecule has 0 aliphatic carbocycles. The van der Waals surface area contributed by atoms with Gasteiger partial charge in [-0.3, -0.25) is 9.78 Å². The number of nitrogens with one attached hydrogen (secondary N) is 1. The number of aromatic nitrogens is 3. The Balaban J connectivity index is 1.36. The number of anilines is 2. The average Bonchev–Trinajstić information content (AvgIpc) is 3.28. The van der Waals surface area contributed by atoms with E-state index in [0.717, 1.165) is 51.6 Å². The molecule has 3 aromatic heterocycles. The van der Waals surface area contributed by atoms with Gasteiger partial charge in [-0.1, -0.05) is 28.9 Å². The lowest BCUT2D eigenvalue weighted by atomic mass is 10.0. The van der Waals surface area contributed by atoms with Crippen LogP contribution in [0.4, 0.5) is 11.5 Å². The van der Waals surface area contributed by atoms with Crippen LogP contribution in [0.3, 0.4) is 0 Å². The summed E-state index contributed by atoms with van der Waals surface area (Å²) in [6, 6.07) is 9.92. The van der Waals surface area contributed by atoms with Crippen LogP contribution in [0.1, 0.15) is 28.6 Å². The van der Waals surface area contributed by atoms with Crippen LogP contribution >= 0.6 is 27.3 Å². The fraction of sp³-hybridized carbons (Fsp3) is 0.259. The number of aryl methyl sites for hydroxylation is 2. The second kappa shape index (κ2) is 10.8. The highest BCUT2D eigenvalue weighted by Crippen LogP contribution is 2.38. The molecule has 4 heterocycles. The van der Waals surface area contributed by atoms with E-state index < -0.39 is 0 Å². The third kappa shape index (κ3) is 5.12. The maximum atomic E-state index is 12.5. The van der Waals surface area contributed by atoms with Crippen molar-refractivity contribution in [1.29, 1.82) is 0 Å². The Morgan fingerprint density at radius 1 is 1.25 bits per heavy atom. The van der Waals surface area contributed by atoms with Gasteiger partial charge in [-0.25, -0.2) is 9.97 Å². The van der Waals surface area contributed by atoms with Crippen molar-refractivity contribution in [3.8, 4) is 11.5 Å². The lowest BCUT2D eigenvalue weighted by Gasteiger charge is -2.26. The Morgan fingerprint density at radius 3 is 2.89 bits per heavy atom. The van der Waals surface area contributed by atoms with E-state index in [-0.39, 0.29) is 5.91 Å². The zero-order chi connectivity index (χ0) is 25.1. The number of hydrogen-bond donors (Lipinski definition) is 1. The molecule has 1 N–H and O–H groups in total. The van der Waals surface area contributed by atoms with Gasteiger partial charge in [0.25, 0.3) is 0 Å². The van der Waals surface area contributed by atoms with E-state index in [4.69, 9.17) is 4.74 Å². The van der Waals surface area contributed by atoms with Crippen LogP contribution in [0, 0.1) is 6.92 Å². The summed E-state index contributed by atoms with van der Waals surface area (Å²) in [7, 11) is 0. The molecule has 5 rings (SSSR count). The molecule has 0 saturated heterocycles. The molecule has 7 nitrogen and oxygen atoms in total. The van der Waals surface area contributed by atoms with E-state index in [9.17, 15) is 4.79 Å². The van der Waals surface area contributed by atoms with Crippen LogP contribution < -0.4 is 10.1 Å². The fourth-order valence-electron chi connectivity index (χ4n) is 4.25. The Kier molecular flexibility index (Phi) is 7.29. The van der Waals surface area contributed by atoms with Crippen molar-refractivity contribution in [1.82, 2.24) is 19.9 Å². The number of amides is 1. The first-order valence-electron chi connectivity index (χ1n) is 11.8. The van der Waals surface area contributed by atoms with Gasteiger partial charge in [0.05, 0.1) is 18.1 Å². The van der Waals surface area contributed by atoms with E-state index in [2.05, 4.69) is 43.1 Å². The Morgan fingerprint density at radius 2 is 2.14 bits per heavy atom. The highest BCUT2D eigenvalue weighted by molar-refractivity contribution is 9.09. The highest BCUT2D eigenvalue weighted by atomic mass is 79.9. The van der Waals surface area contributed by atoms with Gasteiger partial charge in [-0.2, -0.15) is 0 Å². The predicted molar refractivity (Wildman–Crippen MR) is 148 cm³/mol. The summed E-state index contributed by atoms with van der Waals surface area (Å²) in [6.07, 6.45) is 8.48.